The van der Waals surface area contributed by atoms with Gasteiger partial charge >= 0.3 is 6.18 Å². The number of nitrogens with zero attached hydrogens (tertiary/aromatic N) is 4. The number of nitrogens with one attached hydrogen (secondary N) is 4. The number of hydrogen-bond acceptors (Lipinski definition) is 11. The number of benzene rings is 2. The van der Waals surface area contributed by atoms with Crippen molar-refractivity contribution in [3.8, 4) is 22.3 Å². The lowest BCUT2D eigenvalue weighted by Gasteiger charge is -2.42. The number of amides is 2. The molecule has 3 unspecified atom stereocenters. The molecule has 0 spiro atoms. The van der Waals surface area contributed by atoms with E-state index >= 15 is 0 Å². The summed E-state index contributed by atoms with van der Waals surface area (Å²) in [7, 11) is 1.69. The summed E-state index contributed by atoms with van der Waals surface area (Å²) in [5.41, 5.74) is 5.11. The normalized spacial score (nSPS) is 23.0. The van der Waals surface area contributed by atoms with Crippen LogP contribution in [-0.4, -0.2) is 130 Å². The Labute approximate surface area is 412 Å². The van der Waals surface area contributed by atoms with E-state index in [1.807, 2.05) is 42.5 Å². The summed E-state index contributed by atoms with van der Waals surface area (Å²) in [5.74, 6) is 0.427. The van der Waals surface area contributed by atoms with Crippen molar-refractivity contribution in [1.29, 1.82) is 0 Å². The van der Waals surface area contributed by atoms with E-state index in [0.29, 0.717) is 91.9 Å². The Morgan fingerprint density at radius 3 is 1.97 bits per heavy atom. The van der Waals surface area contributed by atoms with E-state index in [1.54, 1.807) is 19.4 Å². The van der Waals surface area contributed by atoms with Gasteiger partial charge in [0.1, 0.15) is 11.6 Å². The molecule has 5 atom stereocenters. The van der Waals surface area contributed by atoms with Gasteiger partial charge < -0.3 is 35.5 Å². The minimum absolute atomic E-state index is 0.0318. The Kier molecular flexibility index (Phi) is 17.7. The highest BCUT2D eigenvalue weighted by atomic mass is 35.5. The lowest BCUT2D eigenvalue weighted by molar-refractivity contribution is -0.151. The van der Waals surface area contributed by atoms with Crippen LogP contribution in [-0.2, 0) is 23.8 Å². The molecule has 2 amide bonds. The minimum atomic E-state index is -4.32. The van der Waals surface area contributed by atoms with Crippen molar-refractivity contribution in [3.05, 3.63) is 83.1 Å². The smallest absolute Gasteiger partial charge is 0.385 e. The van der Waals surface area contributed by atoms with Gasteiger partial charge in [-0.1, -0.05) is 47.5 Å². The number of methoxy groups -OCH3 is 1. The molecular formula is C51H63Cl2F3N8O5. The number of hydrogen-bond donors (Lipinski definition) is 4. The van der Waals surface area contributed by atoms with Crippen molar-refractivity contribution >= 4 is 58.0 Å². The van der Waals surface area contributed by atoms with Gasteiger partial charge in [0.2, 0.25) is 11.8 Å². The number of aromatic nitrogens is 2. The van der Waals surface area contributed by atoms with Gasteiger partial charge in [0.15, 0.2) is 0 Å². The van der Waals surface area contributed by atoms with Crippen LogP contribution in [0.2, 0.25) is 10.0 Å². The average Bonchev–Trinajstić information content (AvgIpc) is 3.35. The Hall–Kier alpha value is -4.55. The van der Waals surface area contributed by atoms with Gasteiger partial charge in [0, 0.05) is 101 Å². The molecule has 0 aliphatic carbocycles. The fraction of sp³-hybridized carbons (Fsp3) is 0.529. The summed E-state index contributed by atoms with van der Waals surface area (Å²) in [6, 6.07) is 19.6. The number of halogens is 5. The van der Waals surface area contributed by atoms with E-state index < -0.39 is 18.6 Å². The molecule has 8 rings (SSSR count). The molecule has 4 fully saturated rings. The van der Waals surface area contributed by atoms with E-state index in [4.69, 9.17) is 37.4 Å². The van der Waals surface area contributed by atoms with Gasteiger partial charge in [0.25, 0.3) is 0 Å². The molecule has 13 nitrogen and oxygen atoms in total. The van der Waals surface area contributed by atoms with Crippen molar-refractivity contribution < 1.29 is 37.0 Å². The maximum absolute atomic E-state index is 14.1. The summed E-state index contributed by atoms with van der Waals surface area (Å²) >= 11 is 13.4. The molecule has 69 heavy (non-hydrogen) atoms. The van der Waals surface area contributed by atoms with Gasteiger partial charge in [-0.2, -0.15) is 13.2 Å². The third kappa shape index (κ3) is 14.5. The second-order valence-electron chi connectivity index (χ2n) is 19.0. The van der Waals surface area contributed by atoms with Crippen LogP contribution in [0.5, 0.6) is 0 Å². The highest BCUT2D eigenvalue weighted by molar-refractivity contribution is 6.33. The van der Waals surface area contributed by atoms with Gasteiger partial charge in [0.05, 0.1) is 41.1 Å². The Balaban J connectivity index is 0.869. The fourth-order valence-electron chi connectivity index (χ4n) is 10.2. The standard InChI is InChI=1S/C51H63Cl2F3N8O5/c1-67-18-14-63-30-38(20-39(31-63)50(66)62-48-24-43(45(53)28-60-48)35-5-2-8-40(21-35)57-25-33-10-15-68-16-11-33)46-19-34(12-17-69-46)26-58-41-9-3-6-36(22-41)42-23-47(59-27-44(42)52)61-49(65)37-7-4-13-64(29-37)32-51(54,55)56/h2-3,5-6,8-9,21-24,27-28,33-34,37-39,46,57-58H,4,7,10-20,25-26,29-32H2,1H3,(H,59,61,65)(H,60,62,66)/t34?,37-,38?,39-,46?/m1/s1. The van der Waals surface area contributed by atoms with Crippen molar-refractivity contribution in [2.45, 2.75) is 57.2 Å². The number of carbonyl (C=O) groups is 2. The second kappa shape index (κ2) is 24.0. The van der Waals surface area contributed by atoms with E-state index in [0.717, 1.165) is 80.1 Å². The monoisotopic (exact) mass is 994 g/mol. The first-order chi connectivity index (χ1) is 33.3. The molecule has 6 heterocycles. The maximum atomic E-state index is 14.1. The van der Waals surface area contributed by atoms with Crippen molar-refractivity contribution in [1.82, 2.24) is 19.8 Å². The van der Waals surface area contributed by atoms with Crippen LogP contribution >= 0.6 is 23.2 Å². The van der Waals surface area contributed by atoms with Gasteiger partial charge in [-0.25, -0.2) is 9.97 Å². The topological polar surface area (TPSA) is 142 Å². The number of rotatable bonds is 17. The van der Waals surface area contributed by atoms with E-state index in [-0.39, 0.29) is 42.1 Å². The van der Waals surface area contributed by atoms with Crippen molar-refractivity contribution in [3.63, 3.8) is 0 Å². The molecule has 4 N–H and O–H groups in total. The lowest BCUT2D eigenvalue weighted by atomic mass is 9.80. The minimum Gasteiger partial charge on any atom is -0.385 e. The highest BCUT2D eigenvalue weighted by Gasteiger charge is 2.39. The van der Waals surface area contributed by atoms with E-state index in [9.17, 15) is 22.8 Å². The molecule has 0 radical (unpaired) electrons. The number of ether oxygens (including phenoxy) is 3. The largest absolute Gasteiger partial charge is 0.401 e. The number of pyridine rings is 2. The first-order valence-electron chi connectivity index (χ1n) is 24.2. The van der Waals surface area contributed by atoms with Crippen LogP contribution in [0.1, 0.15) is 44.9 Å². The Morgan fingerprint density at radius 2 is 1.35 bits per heavy atom. The van der Waals surface area contributed by atoms with Crippen LogP contribution in [0.15, 0.2) is 73.1 Å². The molecule has 0 saturated carbocycles. The Morgan fingerprint density at radius 1 is 0.754 bits per heavy atom. The fourth-order valence-corrected chi connectivity index (χ4v) is 10.6. The summed E-state index contributed by atoms with van der Waals surface area (Å²) in [6.45, 7) is 5.78. The molecule has 4 aliphatic rings. The van der Waals surface area contributed by atoms with Gasteiger partial charge in [-0.05, 0) is 117 Å². The number of piperidine rings is 2. The summed E-state index contributed by atoms with van der Waals surface area (Å²) in [4.78, 5) is 39.7. The van der Waals surface area contributed by atoms with Crippen LogP contribution in [0.3, 0.4) is 0 Å². The molecule has 2 aromatic heterocycles. The summed E-state index contributed by atoms with van der Waals surface area (Å²) in [5, 5.41) is 14.0. The SMILES string of the molecule is COCCN1CC(C2CC(CNc3cccc(-c4cc(NC(=O)[C@@H]5CCCN(CC(F)(F)F)C5)ncc4Cl)c3)CCO2)C[C@@H](C(=O)Nc2cc(-c3cccc(NCC4CCOCC4)c3)c(Cl)cn2)C1. The molecule has 372 valence electrons. The Bertz CT molecular complexity index is 2360. The number of carbonyl (C=O) groups excluding carboxylic acids is 2. The predicted octanol–water partition coefficient (Wildman–Crippen LogP) is 9.60. The number of likely N-dealkylation sites (tertiary alicyclic amines) is 2. The number of anilines is 4. The molecule has 18 heteroatoms. The molecular weight excluding hydrogens is 933 g/mol. The zero-order valence-electron chi connectivity index (χ0n) is 39.0. The third-order valence-electron chi connectivity index (χ3n) is 13.9. The first kappa shape index (κ1) is 50.8. The maximum Gasteiger partial charge on any atom is 0.401 e. The van der Waals surface area contributed by atoms with Crippen LogP contribution in [0.4, 0.5) is 36.2 Å². The van der Waals surface area contributed by atoms with Crippen molar-refractivity contribution in [2.75, 3.05) is 107 Å². The van der Waals surface area contributed by atoms with Gasteiger partial charge in [-0.15, -0.1) is 0 Å². The summed E-state index contributed by atoms with van der Waals surface area (Å²) < 4.78 is 56.6. The van der Waals surface area contributed by atoms with Crippen molar-refractivity contribution in [2.24, 2.45) is 29.6 Å². The molecule has 4 aromatic rings. The molecule has 4 saturated heterocycles. The van der Waals surface area contributed by atoms with Crippen LogP contribution in [0, 0.1) is 29.6 Å². The summed E-state index contributed by atoms with van der Waals surface area (Å²) in [6.07, 6.45) is 4.23. The average molecular weight is 996 g/mol. The molecule has 2 aromatic carbocycles. The van der Waals surface area contributed by atoms with Crippen LogP contribution < -0.4 is 21.3 Å². The molecule has 0 bridgehead atoms. The molecule has 4 aliphatic heterocycles. The predicted molar refractivity (Wildman–Crippen MR) is 265 cm³/mol. The zero-order valence-corrected chi connectivity index (χ0v) is 40.6. The lowest BCUT2D eigenvalue weighted by Crippen LogP contribution is -2.50. The van der Waals surface area contributed by atoms with E-state index in [1.165, 1.54) is 11.1 Å². The van der Waals surface area contributed by atoms with E-state index in [2.05, 4.69) is 48.3 Å². The van der Waals surface area contributed by atoms with Crippen LogP contribution in [0.25, 0.3) is 22.3 Å². The van der Waals surface area contributed by atoms with Gasteiger partial charge in [-0.3, -0.25) is 19.4 Å². The number of alkyl halides is 3. The quantitative estimate of drug-likeness (QED) is 0.0804. The third-order valence-corrected chi connectivity index (χ3v) is 14.5. The zero-order chi connectivity index (χ0) is 48.3. The highest BCUT2D eigenvalue weighted by Crippen LogP contribution is 2.36. The second-order valence-corrected chi connectivity index (χ2v) is 19.8. The first-order valence-corrected chi connectivity index (χ1v) is 24.9.